The lowest BCUT2D eigenvalue weighted by Crippen LogP contribution is -2.60. The minimum atomic E-state index is -4.78. The standard InChI is InChI=1S/C25H21F3N4O/c1-17-10-12-19(13-11-17)20-15-24(25(26,27)28,14-6-5-9-18-7-3-2-4-8-18)30-23(33)22(20)21-16-29-32-31-21/h2-4,7-8,10-13,16H,5,9,15H2,1H3,(H,30,33)(H,29,31,32). The first kappa shape index (κ1) is 22.3. The molecule has 0 fully saturated rings. The summed E-state index contributed by atoms with van der Waals surface area (Å²) in [5, 5.41) is 12.2. The average Bonchev–Trinajstić information content (AvgIpc) is 3.31. The fraction of sp³-hybridized carbons (Fsp3) is 0.240. The van der Waals surface area contributed by atoms with E-state index in [2.05, 4.69) is 32.6 Å². The first-order valence-electron chi connectivity index (χ1n) is 10.4. The van der Waals surface area contributed by atoms with Crippen LogP contribution in [-0.4, -0.2) is 33.0 Å². The summed E-state index contributed by atoms with van der Waals surface area (Å²) in [6.07, 6.45) is -3.26. The molecule has 2 heterocycles. The zero-order chi connectivity index (χ0) is 23.5. The minimum Gasteiger partial charge on any atom is -0.328 e. The van der Waals surface area contributed by atoms with Crippen molar-refractivity contribution in [2.75, 3.05) is 0 Å². The van der Waals surface area contributed by atoms with E-state index < -0.39 is 24.0 Å². The van der Waals surface area contributed by atoms with Crippen molar-refractivity contribution in [3.8, 4) is 11.8 Å². The number of hydrogen-bond acceptors (Lipinski definition) is 3. The second kappa shape index (κ2) is 8.94. The van der Waals surface area contributed by atoms with Crippen molar-refractivity contribution >= 4 is 17.1 Å². The highest BCUT2D eigenvalue weighted by atomic mass is 19.4. The molecule has 168 valence electrons. The molecule has 1 amide bonds. The van der Waals surface area contributed by atoms with Crippen molar-refractivity contribution in [1.29, 1.82) is 0 Å². The Morgan fingerprint density at radius 3 is 2.45 bits per heavy atom. The quantitative estimate of drug-likeness (QED) is 0.576. The number of aromatic amines is 1. The number of aryl methyl sites for hydroxylation is 2. The second-order valence-electron chi connectivity index (χ2n) is 7.90. The Morgan fingerprint density at radius 1 is 1.09 bits per heavy atom. The summed E-state index contributed by atoms with van der Waals surface area (Å²) >= 11 is 0. The molecule has 3 aromatic rings. The van der Waals surface area contributed by atoms with Crippen LogP contribution in [0.3, 0.4) is 0 Å². The van der Waals surface area contributed by atoms with Gasteiger partial charge in [-0.25, -0.2) is 0 Å². The highest BCUT2D eigenvalue weighted by molar-refractivity contribution is 6.28. The Kier molecular flexibility index (Phi) is 6.05. The smallest absolute Gasteiger partial charge is 0.328 e. The monoisotopic (exact) mass is 450 g/mol. The number of amides is 1. The van der Waals surface area contributed by atoms with E-state index in [-0.39, 0.29) is 23.3 Å². The van der Waals surface area contributed by atoms with Crippen molar-refractivity contribution in [1.82, 2.24) is 20.7 Å². The fourth-order valence-corrected chi connectivity index (χ4v) is 3.77. The van der Waals surface area contributed by atoms with E-state index in [1.165, 1.54) is 6.20 Å². The van der Waals surface area contributed by atoms with E-state index in [0.29, 0.717) is 12.0 Å². The van der Waals surface area contributed by atoms with Crippen LogP contribution in [0.25, 0.3) is 11.1 Å². The van der Waals surface area contributed by atoms with E-state index in [9.17, 15) is 18.0 Å². The van der Waals surface area contributed by atoms with Crippen molar-refractivity contribution in [3.63, 3.8) is 0 Å². The summed E-state index contributed by atoms with van der Waals surface area (Å²) in [5.41, 5.74) is 0.193. The van der Waals surface area contributed by atoms with Crippen LogP contribution in [0.1, 0.15) is 35.2 Å². The fourth-order valence-electron chi connectivity index (χ4n) is 3.77. The van der Waals surface area contributed by atoms with E-state index in [1.807, 2.05) is 37.3 Å². The van der Waals surface area contributed by atoms with E-state index in [0.717, 1.165) is 11.1 Å². The molecule has 4 rings (SSSR count). The molecular weight excluding hydrogens is 429 g/mol. The van der Waals surface area contributed by atoms with Crippen molar-refractivity contribution < 1.29 is 18.0 Å². The minimum absolute atomic E-state index is 0.0542. The van der Waals surface area contributed by atoms with Gasteiger partial charge in [0.1, 0.15) is 5.69 Å². The Morgan fingerprint density at radius 2 is 1.82 bits per heavy atom. The van der Waals surface area contributed by atoms with Crippen LogP contribution in [0.4, 0.5) is 13.2 Å². The molecule has 1 aliphatic rings. The maximum atomic E-state index is 14.4. The van der Waals surface area contributed by atoms with E-state index >= 15 is 0 Å². The summed E-state index contributed by atoms with van der Waals surface area (Å²) in [6.45, 7) is 1.88. The number of nitrogens with zero attached hydrogens (tertiary/aromatic N) is 2. The third kappa shape index (κ3) is 4.67. The number of hydrogen-bond donors (Lipinski definition) is 2. The molecule has 0 bridgehead atoms. The predicted molar refractivity (Wildman–Crippen MR) is 118 cm³/mol. The van der Waals surface area contributed by atoms with Gasteiger partial charge >= 0.3 is 6.18 Å². The van der Waals surface area contributed by atoms with Gasteiger partial charge in [0, 0.05) is 12.8 Å². The molecular formula is C25H21F3N4O. The predicted octanol–water partition coefficient (Wildman–Crippen LogP) is 4.48. The number of halogens is 3. The van der Waals surface area contributed by atoms with Crippen molar-refractivity contribution in [2.24, 2.45) is 0 Å². The number of benzene rings is 2. The van der Waals surface area contributed by atoms with Gasteiger partial charge in [0.2, 0.25) is 5.54 Å². The molecule has 33 heavy (non-hydrogen) atoms. The first-order valence-corrected chi connectivity index (χ1v) is 10.4. The van der Waals surface area contributed by atoms with Gasteiger partial charge in [-0.1, -0.05) is 66.1 Å². The van der Waals surface area contributed by atoms with E-state index in [1.54, 1.807) is 24.3 Å². The van der Waals surface area contributed by atoms with Gasteiger partial charge in [0.05, 0.1) is 11.8 Å². The molecule has 0 aliphatic carbocycles. The average molecular weight is 450 g/mol. The summed E-state index contributed by atoms with van der Waals surface area (Å²) in [7, 11) is 0. The number of carbonyl (C=O) groups is 1. The normalized spacial score (nSPS) is 18.5. The SMILES string of the molecule is Cc1ccc(C2=C(c3cn[nH]n3)C(=O)NC(C#CCCc3ccccc3)(C(F)(F)F)C2)cc1. The lowest BCUT2D eigenvalue weighted by molar-refractivity contribution is -0.180. The van der Waals surface area contributed by atoms with Crippen LogP contribution in [0, 0.1) is 18.8 Å². The molecule has 0 saturated heterocycles. The number of alkyl halides is 3. The first-order chi connectivity index (χ1) is 15.8. The summed E-state index contributed by atoms with van der Waals surface area (Å²) in [6, 6.07) is 16.4. The van der Waals surface area contributed by atoms with Gasteiger partial charge in [-0.3, -0.25) is 4.79 Å². The molecule has 5 nitrogen and oxygen atoms in total. The topological polar surface area (TPSA) is 70.7 Å². The molecule has 1 unspecified atom stereocenters. The molecule has 1 atom stereocenters. The van der Waals surface area contributed by atoms with Crippen LogP contribution >= 0.6 is 0 Å². The second-order valence-corrected chi connectivity index (χ2v) is 7.90. The Bertz CT molecular complexity index is 1220. The maximum Gasteiger partial charge on any atom is 0.423 e. The Balaban J connectivity index is 1.75. The largest absolute Gasteiger partial charge is 0.423 e. The third-order valence-corrected chi connectivity index (χ3v) is 5.54. The molecule has 0 radical (unpaired) electrons. The van der Waals surface area contributed by atoms with Gasteiger partial charge in [-0.2, -0.15) is 28.6 Å². The molecule has 2 N–H and O–H groups in total. The summed E-state index contributed by atoms with van der Waals surface area (Å²) in [5.74, 6) is 4.14. The lowest BCUT2D eigenvalue weighted by Gasteiger charge is -2.37. The lowest BCUT2D eigenvalue weighted by atomic mass is 9.80. The zero-order valence-corrected chi connectivity index (χ0v) is 17.8. The summed E-state index contributed by atoms with van der Waals surface area (Å²) < 4.78 is 43.1. The molecule has 2 aromatic carbocycles. The number of rotatable bonds is 4. The Labute approximate surface area is 189 Å². The molecule has 0 saturated carbocycles. The van der Waals surface area contributed by atoms with Crippen molar-refractivity contribution in [2.45, 2.75) is 37.9 Å². The molecule has 1 aromatic heterocycles. The number of carbonyl (C=O) groups excluding carboxylic acids is 1. The highest BCUT2D eigenvalue weighted by Gasteiger charge is 2.58. The van der Waals surface area contributed by atoms with Crippen LogP contribution in [-0.2, 0) is 11.2 Å². The third-order valence-electron chi connectivity index (χ3n) is 5.54. The van der Waals surface area contributed by atoms with Crippen LogP contribution in [0.5, 0.6) is 0 Å². The highest BCUT2D eigenvalue weighted by Crippen LogP contribution is 2.43. The van der Waals surface area contributed by atoms with Crippen LogP contribution in [0.15, 0.2) is 60.8 Å². The number of H-pyrrole nitrogens is 1. The van der Waals surface area contributed by atoms with Gasteiger partial charge in [0.25, 0.3) is 5.91 Å². The van der Waals surface area contributed by atoms with Gasteiger partial charge < -0.3 is 5.32 Å². The van der Waals surface area contributed by atoms with E-state index in [4.69, 9.17) is 0 Å². The number of nitrogens with one attached hydrogen (secondary N) is 2. The van der Waals surface area contributed by atoms with Gasteiger partial charge in [0.15, 0.2) is 0 Å². The van der Waals surface area contributed by atoms with Crippen molar-refractivity contribution in [3.05, 3.63) is 83.2 Å². The zero-order valence-electron chi connectivity index (χ0n) is 17.8. The van der Waals surface area contributed by atoms with Gasteiger partial charge in [-0.15, -0.1) is 5.92 Å². The molecule has 0 spiro atoms. The van der Waals surface area contributed by atoms with Crippen LogP contribution in [0.2, 0.25) is 0 Å². The molecule has 8 heteroatoms. The number of aromatic nitrogens is 3. The van der Waals surface area contributed by atoms with Crippen LogP contribution < -0.4 is 5.32 Å². The Hall–Kier alpha value is -3.86. The maximum absolute atomic E-state index is 14.4. The van der Waals surface area contributed by atoms with Gasteiger partial charge in [-0.05, 0) is 30.0 Å². The molecule has 1 aliphatic heterocycles. The summed E-state index contributed by atoms with van der Waals surface area (Å²) in [4.78, 5) is 13.0.